The van der Waals surface area contributed by atoms with Crippen molar-refractivity contribution in [3.63, 3.8) is 0 Å². The minimum absolute atomic E-state index is 0.0539. The van der Waals surface area contributed by atoms with Gasteiger partial charge in [-0.15, -0.1) is 0 Å². The molecule has 1 aromatic rings. The van der Waals surface area contributed by atoms with Gasteiger partial charge in [-0.1, -0.05) is 46.6 Å². The second-order valence-electron chi connectivity index (χ2n) is 5.29. The van der Waals surface area contributed by atoms with Gasteiger partial charge in [0.1, 0.15) is 0 Å². The van der Waals surface area contributed by atoms with Crippen molar-refractivity contribution in [1.29, 1.82) is 0 Å². The first kappa shape index (κ1) is 18.2. The van der Waals surface area contributed by atoms with Crippen LogP contribution in [0.1, 0.15) is 69.3 Å². The molecule has 1 aliphatic heterocycles. The van der Waals surface area contributed by atoms with Crippen LogP contribution in [0.25, 0.3) is 0 Å². The minimum atomic E-state index is -0.437. The molecule has 0 bridgehead atoms. The average Bonchev–Trinajstić information content (AvgIpc) is 2.81. The second-order valence-corrected chi connectivity index (χ2v) is 5.29. The predicted octanol–water partition coefficient (Wildman–Crippen LogP) is 4.29. The Kier molecular flexibility index (Phi) is 6.60. The van der Waals surface area contributed by atoms with Crippen molar-refractivity contribution in [1.82, 2.24) is 0 Å². The predicted molar refractivity (Wildman–Crippen MR) is 89.3 cm³/mol. The van der Waals surface area contributed by atoms with Crippen LogP contribution in [-0.2, 0) is 14.9 Å². The molecule has 0 unspecified atom stereocenters. The molecule has 4 nitrogen and oxygen atoms in total. The summed E-state index contributed by atoms with van der Waals surface area (Å²) < 4.78 is 4.72. The van der Waals surface area contributed by atoms with Gasteiger partial charge in [0.25, 0.3) is 0 Å². The van der Waals surface area contributed by atoms with Crippen LogP contribution >= 0.6 is 0 Å². The van der Waals surface area contributed by atoms with Gasteiger partial charge in [-0.3, -0.25) is 4.79 Å². The fourth-order valence-electron chi connectivity index (χ4n) is 3.15. The summed E-state index contributed by atoms with van der Waals surface area (Å²) in [5.41, 5.74) is 1.79. The Morgan fingerprint density at radius 2 is 1.77 bits per heavy atom. The maximum absolute atomic E-state index is 12.5. The Hall–Kier alpha value is -1.84. The molecule has 1 amide bonds. The van der Waals surface area contributed by atoms with Crippen LogP contribution in [0.5, 0.6) is 0 Å². The number of methoxy groups -OCH3 is 1. The van der Waals surface area contributed by atoms with Crippen LogP contribution in [0.4, 0.5) is 5.69 Å². The number of hydrogen-bond acceptors (Lipinski definition) is 3. The van der Waals surface area contributed by atoms with Crippen molar-refractivity contribution in [3.05, 3.63) is 29.3 Å². The first-order chi connectivity index (χ1) is 10.6. The highest BCUT2D eigenvalue weighted by Gasteiger charge is 2.45. The molecule has 2 rings (SSSR count). The third-order valence-corrected chi connectivity index (χ3v) is 3.99. The number of fused-ring (bicyclic) bond motifs is 1. The van der Waals surface area contributed by atoms with Gasteiger partial charge < -0.3 is 10.1 Å². The van der Waals surface area contributed by atoms with Crippen LogP contribution in [0.15, 0.2) is 18.2 Å². The monoisotopic (exact) mass is 305 g/mol. The molecule has 0 spiro atoms. The number of amides is 1. The fourth-order valence-corrected chi connectivity index (χ4v) is 3.15. The molecule has 0 saturated carbocycles. The Labute approximate surface area is 133 Å². The summed E-state index contributed by atoms with van der Waals surface area (Å²) in [6, 6.07) is 5.35. The molecule has 0 fully saturated rings. The summed E-state index contributed by atoms with van der Waals surface area (Å²) >= 11 is 0. The third kappa shape index (κ3) is 3.16. The minimum Gasteiger partial charge on any atom is -0.465 e. The van der Waals surface area contributed by atoms with Crippen molar-refractivity contribution in [2.24, 2.45) is 0 Å². The lowest BCUT2D eigenvalue weighted by Gasteiger charge is -2.26. The third-order valence-electron chi connectivity index (χ3n) is 3.99. The number of carbonyl (C=O) groups excluding carboxylic acids is 2. The van der Waals surface area contributed by atoms with E-state index in [0.29, 0.717) is 5.56 Å². The Morgan fingerprint density at radius 1 is 1.18 bits per heavy atom. The van der Waals surface area contributed by atoms with Crippen molar-refractivity contribution < 1.29 is 14.3 Å². The second kappa shape index (κ2) is 7.97. The van der Waals surface area contributed by atoms with Crippen molar-refractivity contribution in [2.45, 2.75) is 58.8 Å². The smallest absolute Gasteiger partial charge is 0.337 e. The quantitative estimate of drug-likeness (QED) is 0.826. The normalized spacial score (nSPS) is 14.5. The molecule has 0 saturated heterocycles. The summed E-state index contributed by atoms with van der Waals surface area (Å²) in [5.74, 6) is -0.330. The molecule has 0 aliphatic carbocycles. The van der Waals surface area contributed by atoms with E-state index < -0.39 is 5.41 Å². The highest BCUT2D eigenvalue weighted by Crippen LogP contribution is 2.44. The number of rotatable bonds is 5. The first-order valence-electron chi connectivity index (χ1n) is 8.13. The van der Waals surface area contributed by atoms with E-state index in [4.69, 9.17) is 4.74 Å². The molecule has 4 heteroatoms. The molecular formula is C18H27NO3. The van der Waals surface area contributed by atoms with Gasteiger partial charge >= 0.3 is 5.97 Å². The lowest BCUT2D eigenvalue weighted by atomic mass is 9.74. The number of esters is 1. The molecular weight excluding hydrogens is 278 g/mol. The molecule has 122 valence electrons. The summed E-state index contributed by atoms with van der Waals surface area (Å²) in [4.78, 5) is 24.0. The molecule has 1 aromatic carbocycles. The standard InChI is InChI=1S/C16H21NO3.C2H6/c1-4-8-16(9-5-2)12-7-6-11(14(18)20-3)10-13(12)17-15(16)19;1-2/h6-7,10H,4-5,8-9H2,1-3H3,(H,17,19);1-2H3. The van der Waals surface area contributed by atoms with Crippen molar-refractivity contribution in [2.75, 3.05) is 12.4 Å². The van der Waals surface area contributed by atoms with E-state index in [9.17, 15) is 9.59 Å². The highest BCUT2D eigenvalue weighted by atomic mass is 16.5. The molecule has 0 aromatic heterocycles. The van der Waals surface area contributed by atoms with E-state index in [0.717, 1.165) is 36.9 Å². The zero-order valence-electron chi connectivity index (χ0n) is 14.3. The summed E-state index contributed by atoms with van der Waals surface area (Å²) in [5, 5.41) is 2.93. The number of benzene rings is 1. The van der Waals surface area contributed by atoms with Gasteiger partial charge in [-0.05, 0) is 30.5 Å². The maximum Gasteiger partial charge on any atom is 0.337 e. The van der Waals surface area contributed by atoms with Crippen LogP contribution in [0.3, 0.4) is 0 Å². The average molecular weight is 305 g/mol. The number of ether oxygens (including phenoxy) is 1. The van der Waals surface area contributed by atoms with E-state index >= 15 is 0 Å². The van der Waals surface area contributed by atoms with Gasteiger partial charge in [0.2, 0.25) is 5.91 Å². The summed E-state index contributed by atoms with van der Waals surface area (Å²) in [6.07, 6.45) is 3.56. The van der Waals surface area contributed by atoms with Crippen LogP contribution < -0.4 is 5.32 Å². The van der Waals surface area contributed by atoms with Gasteiger partial charge in [0.05, 0.1) is 18.1 Å². The Morgan fingerprint density at radius 3 is 2.27 bits per heavy atom. The number of anilines is 1. The molecule has 0 radical (unpaired) electrons. The lowest BCUT2D eigenvalue weighted by molar-refractivity contribution is -0.121. The van der Waals surface area contributed by atoms with Crippen molar-refractivity contribution in [3.8, 4) is 0 Å². The fraction of sp³-hybridized carbons (Fsp3) is 0.556. The lowest BCUT2D eigenvalue weighted by Crippen LogP contribution is -2.34. The Balaban J connectivity index is 0.00000116. The molecule has 1 heterocycles. The molecule has 0 atom stereocenters. The van der Waals surface area contributed by atoms with Gasteiger partial charge in [0, 0.05) is 5.69 Å². The van der Waals surface area contributed by atoms with E-state index in [1.807, 2.05) is 19.9 Å². The number of carbonyl (C=O) groups is 2. The van der Waals surface area contributed by atoms with Crippen LogP contribution in [0.2, 0.25) is 0 Å². The van der Waals surface area contributed by atoms with E-state index in [-0.39, 0.29) is 11.9 Å². The van der Waals surface area contributed by atoms with Crippen molar-refractivity contribution >= 4 is 17.6 Å². The number of hydrogen-bond donors (Lipinski definition) is 1. The summed E-state index contributed by atoms with van der Waals surface area (Å²) in [7, 11) is 1.35. The molecule has 22 heavy (non-hydrogen) atoms. The molecule has 1 N–H and O–H groups in total. The van der Waals surface area contributed by atoms with Crippen LogP contribution in [-0.4, -0.2) is 19.0 Å². The zero-order valence-corrected chi connectivity index (χ0v) is 14.3. The van der Waals surface area contributed by atoms with E-state index in [1.54, 1.807) is 12.1 Å². The van der Waals surface area contributed by atoms with Gasteiger partial charge in [-0.25, -0.2) is 4.79 Å². The van der Waals surface area contributed by atoms with E-state index in [2.05, 4.69) is 19.2 Å². The molecule has 1 aliphatic rings. The largest absolute Gasteiger partial charge is 0.465 e. The number of nitrogens with one attached hydrogen (secondary N) is 1. The van der Waals surface area contributed by atoms with Gasteiger partial charge in [0.15, 0.2) is 0 Å². The van der Waals surface area contributed by atoms with Gasteiger partial charge in [-0.2, -0.15) is 0 Å². The van der Waals surface area contributed by atoms with E-state index in [1.165, 1.54) is 7.11 Å². The van der Waals surface area contributed by atoms with Crippen LogP contribution in [0, 0.1) is 0 Å². The Bertz CT molecular complexity index is 531. The topological polar surface area (TPSA) is 55.4 Å². The highest BCUT2D eigenvalue weighted by molar-refractivity contribution is 6.07. The SMILES string of the molecule is CC.CCCC1(CCC)C(=O)Nc2cc(C(=O)OC)ccc21. The zero-order chi connectivity index (χ0) is 16.8. The summed E-state index contributed by atoms with van der Waals surface area (Å²) in [6.45, 7) is 8.18. The first-order valence-corrected chi connectivity index (χ1v) is 8.13. The maximum atomic E-state index is 12.5.